The van der Waals surface area contributed by atoms with Gasteiger partial charge in [0.05, 0.1) is 12.1 Å². The number of amides is 2. The Bertz CT molecular complexity index is 722. The molecule has 0 spiro atoms. The summed E-state index contributed by atoms with van der Waals surface area (Å²) >= 11 is 3.23. The van der Waals surface area contributed by atoms with E-state index < -0.39 is 23.4 Å². The Kier molecular flexibility index (Phi) is 5.21. The highest BCUT2D eigenvalue weighted by Gasteiger charge is 2.11. The van der Waals surface area contributed by atoms with Gasteiger partial charge in [-0.15, -0.1) is 0 Å². The molecule has 2 amide bonds. The molecule has 0 aliphatic carbocycles. The Hall–Kier alpha value is -2.28. The molecule has 114 valence electrons. The van der Waals surface area contributed by atoms with E-state index in [0.717, 1.165) is 12.1 Å². The minimum atomic E-state index is -1.06. The number of carbonyl (C=O) groups is 2. The summed E-state index contributed by atoms with van der Waals surface area (Å²) < 4.78 is 26.4. The van der Waals surface area contributed by atoms with Crippen molar-refractivity contribution in [3.8, 4) is 0 Å². The quantitative estimate of drug-likeness (QED) is 0.870. The van der Waals surface area contributed by atoms with Crippen LogP contribution in [0.25, 0.3) is 0 Å². The Morgan fingerprint density at radius 2 is 1.77 bits per heavy atom. The van der Waals surface area contributed by atoms with Crippen molar-refractivity contribution in [3.63, 3.8) is 0 Å². The molecule has 7 heteroatoms. The molecule has 0 saturated carbocycles. The highest BCUT2D eigenvalue weighted by Crippen LogP contribution is 2.15. The molecule has 2 aromatic rings. The average Bonchev–Trinajstić information content (AvgIpc) is 2.49. The Labute approximate surface area is 133 Å². The maximum atomic E-state index is 13.0. The predicted octanol–water partition coefficient (Wildman–Crippen LogP) is 3.10. The van der Waals surface area contributed by atoms with Gasteiger partial charge in [0, 0.05) is 16.2 Å². The SMILES string of the molecule is O=C(CNC(=O)c1ccccc1Br)Nc1ccc(F)c(F)c1. The number of carbonyl (C=O) groups excluding carboxylic acids is 2. The van der Waals surface area contributed by atoms with Crippen LogP contribution < -0.4 is 10.6 Å². The van der Waals surface area contributed by atoms with Gasteiger partial charge in [0.15, 0.2) is 11.6 Å². The molecule has 2 rings (SSSR count). The Balaban J connectivity index is 1.91. The minimum Gasteiger partial charge on any atom is -0.343 e. The summed E-state index contributed by atoms with van der Waals surface area (Å²) in [6, 6.07) is 9.76. The second-order valence-electron chi connectivity index (χ2n) is 4.34. The van der Waals surface area contributed by atoms with Crippen LogP contribution >= 0.6 is 15.9 Å². The van der Waals surface area contributed by atoms with E-state index in [9.17, 15) is 18.4 Å². The smallest absolute Gasteiger partial charge is 0.252 e. The summed E-state index contributed by atoms with van der Waals surface area (Å²) in [4.78, 5) is 23.6. The third-order valence-corrected chi connectivity index (χ3v) is 3.42. The zero-order valence-corrected chi connectivity index (χ0v) is 12.8. The molecule has 0 saturated heterocycles. The maximum Gasteiger partial charge on any atom is 0.252 e. The zero-order valence-electron chi connectivity index (χ0n) is 11.2. The van der Waals surface area contributed by atoms with Crippen LogP contribution in [0.4, 0.5) is 14.5 Å². The van der Waals surface area contributed by atoms with Crippen molar-refractivity contribution >= 4 is 33.4 Å². The monoisotopic (exact) mass is 368 g/mol. The normalized spacial score (nSPS) is 10.1. The van der Waals surface area contributed by atoms with Crippen LogP contribution in [0.15, 0.2) is 46.9 Å². The van der Waals surface area contributed by atoms with E-state index >= 15 is 0 Å². The van der Waals surface area contributed by atoms with E-state index in [-0.39, 0.29) is 12.2 Å². The summed E-state index contributed by atoms with van der Waals surface area (Å²) in [6.45, 7) is -0.292. The van der Waals surface area contributed by atoms with Gasteiger partial charge in [-0.2, -0.15) is 0 Å². The third kappa shape index (κ3) is 4.11. The van der Waals surface area contributed by atoms with Gasteiger partial charge in [0.2, 0.25) is 5.91 Å². The number of hydrogen-bond donors (Lipinski definition) is 2. The molecule has 0 aliphatic heterocycles. The third-order valence-electron chi connectivity index (χ3n) is 2.73. The first-order valence-corrected chi connectivity index (χ1v) is 7.04. The fourth-order valence-electron chi connectivity index (χ4n) is 1.68. The van der Waals surface area contributed by atoms with E-state index in [0.29, 0.717) is 10.0 Å². The van der Waals surface area contributed by atoms with E-state index in [1.807, 2.05) is 0 Å². The van der Waals surface area contributed by atoms with Crippen LogP contribution in [0.1, 0.15) is 10.4 Å². The largest absolute Gasteiger partial charge is 0.343 e. The van der Waals surface area contributed by atoms with Crippen LogP contribution in [0, 0.1) is 11.6 Å². The summed E-state index contributed by atoms with van der Waals surface area (Å²) in [7, 11) is 0. The Morgan fingerprint density at radius 3 is 2.45 bits per heavy atom. The summed E-state index contributed by atoms with van der Waals surface area (Å²) in [5.74, 6) is -3.03. The van der Waals surface area contributed by atoms with Crippen molar-refractivity contribution in [1.29, 1.82) is 0 Å². The number of benzene rings is 2. The zero-order chi connectivity index (χ0) is 16.1. The van der Waals surface area contributed by atoms with Gasteiger partial charge < -0.3 is 10.6 Å². The summed E-state index contributed by atoms with van der Waals surface area (Å²) in [5.41, 5.74) is 0.502. The fraction of sp³-hybridized carbons (Fsp3) is 0.0667. The van der Waals surface area contributed by atoms with Gasteiger partial charge in [-0.1, -0.05) is 12.1 Å². The van der Waals surface area contributed by atoms with Crippen molar-refractivity contribution in [2.45, 2.75) is 0 Å². The second-order valence-corrected chi connectivity index (χ2v) is 5.19. The number of nitrogens with one attached hydrogen (secondary N) is 2. The van der Waals surface area contributed by atoms with Crippen molar-refractivity contribution in [3.05, 3.63) is 64.1 Å². The topological polar surface area (TPSA) is 58.2 Å². The van der Waals surface area contributed by atoms with Gasteiger partial charge in [-0.3, -0.25) is 9.59 Å². The predicted molar refractivity (Wildman–Crippen MR) is 81.5 cm³/mol. The lowest BCUT2D eigenvalue weighted by molar-refractivity contribution is -0.115. The minimum absolute atomic E-state index is 0.110. The molecule has 4 nitrogen and oxygen atoms in total. The molecule has 0 aromatic heterocycles. The van der Waals surface area contributed by atoms with Gasteiger partial charge in [0.25, 0.3) is 5.91 Å². The van der Waals surface area contributed by atoms with E-state index in [1.54, 1.807) is 24.3 Å². The lowest BCUT2D eigenvalue weighted by Crippen LogP contribution is -2.33. The van der Waals surface area contributed by atoms with Gasteiger partial charge in [-0.25, -0.2) is 8.78 Å². The molecule has 0 fully saturated rings. The van der Waals surface area contributed by atoms with Gasteiger partial charge >= 0.3 is 0 Å². The number of hydrogen-bond acceptors (Lipinski definition) is 2. The lowest BCUT2D eigenvalue weighted by Gasteiger charge is -2.08. The van der Waals surface area contributed by atoms with Crippen molar-refractivity contribution in [1.82, 2.24) is 5.32 Å². The second kappa shape index (κ2) is 7.13. The van der Waals surface area contributed by atoms with Crippen LogP contribution in [-0.4, -0.2) is 18.4 Å². The molecular formula is C15H11BrF2N2O2. The molecule has 0 atom stereocenters. The molecule has 0 heterocycles. The summed E-state index contributed by atoms with van der Waals surface area (Å²) in [6.07, 6.45) is 0. The first-order valence-electron chi connectivity index (χ1n) is 6.25. The van der Waals surface area contributed by atoms with Crippen molar-refractivity contribution in [2.75, 3.05) is 11.9 Å². The number of anilines is 1. The van der Waals surface area contributed by atoms with E-state index in [1.165, 1.54) is 6.07 Å². The van der Waals surface area contributed by atoms with Gasteiger partial charge in [-0.05, 0) is 40.2 Å². The molecule has 0 unspecified atom stereocenters. The molecule has 22 heavy (non-hydrogen) atoms. The summed E-state index contributed by atoms with van der Waals surface area (Å²) in [5, 5.41) is 4.80. The van der Waals surface area contributed by atoms with Crippen molar-refractivity contribution in [2.24, 2.45) is 0 Å². The van der Waals surface area contributed by atoms with E-state index in [2.05, 4.69) is 26.6 Å². The first kappa shape index (κ1) is 16.1. The average molecular weight is 369 g/mol. The molecule has 2 N–H and O–H groups in total. The highest BCUT2D eigenvalue weighted by molar-refractivity contribution is 9.10. The van der Waals surface area contributed by atoms with Gasteiger partial charge in [0.1, 0.15) is 0 Å². The Morgan fingerprint density at radius 1 is 1.05 bits per heavy atom. The fourth-order valence-corrected chi connectivity index (χ4v) is 2.15. The highest BCUT2D eigenvalue weighted by atomic mass is 79.9. The van der Waals surface area contributed by atoms with Crippen LogP contribution in [0.3, 0.4) is 0 Å². The molecule has 0 bridgehead atoms. The first-order chi connectivity index (χ1) is 10.5. The molecule has 0 aliphatic rings. The van der Waals surface area contributed by atoms with E-state index in [4.69, 9.17) is 0 Å². The molecular weight excluding hydrogens is 358 g/mol. The van der Waals surface area contributed by atoms with Crippen LogP contribution in [0.2, 0.25) is 0 Å². The van der Waals surface area contributed by atoms with Crippen LogP contribution in [-0.2, 0) is 4.79 Å². The lowest BCUT2D eigenvalue weighted by atomic mass is 10.2. The molecule has 2 aromatic carbocycles. The van der Waals surface area contributed by atoms with Crippen molar-refractivity contribution < 1.29 is 18.4 Å². The number of rotatable bonds is 4. The molecule has 0 radical (unpaired) electrons. The standard InChI is InChI=1S/C15H11BrF2N2O2/c16-11-4-2-1-3-10(11)15(22)19-8-14(21)20-9-5-6-12(17)13(18)7-9/h1-7H,8H2,(H,19,22)(H,20,21). The van der Waals surface area contributed by atoms with Crippen LogP contribution in [0.5, 0.6) is 0 Å². The maximum absolute atomic E-state index is 13.0. The number of halogens is 3.